The first-order valence-electron chi connectivity index (χ1n) is 3.46. The van der Waals surface area contributed by atoms with E-state index in [-0.39, 0.29) is 12.8 Å². The monoisotopic (exact) mass is 187 g/mol. The molecule has 1 radical (unpaired) electrons. The van der Waals surface area contributed by atoms with Gasteiger partial charge in [0.05, 0.1) is 5.41 Å². The predicted octanol–water partition coefficient (Wildman–Crippen LogP) is 3.19. The van der Waals surface area contributed by atoms with Gasteiger partial charge in [-0.1, -0.05) is 0 Å². The Labute approximate surface area is 66.8 Å². The second-order valence-electron chi connectivity index (χ2n) is 3.31. The maximum atomic E-state index is 12.2. The molecule has 0 aromatic carbocycles. The molecule has 0 bridgehead atoms. The van der Waals surface area contributed by atoms with E-state index >= 15 is 0 Å². The van der Waals surface area contributed by atoms with Crippen LogP contribution in [0.3, 0.4) is 0 Å². The van der Waals surface area contributed by atoms with Gasteiger partial charge in [-0.3, -0.25) is 0 Å². The lowest BCUT2D eigenvalue weighted by Gasteiger charge is -2.22. The third-order valence-electron chi connectivity index (χ3n) is 2.05. The molecule has 0 aromatic rings. The van der Waals surface area contributed by atoms with Crippen molar-refractivity contribution in [2.75, 3.05) is 0 Å². The van der Waals surface area contributed by atoms with Crippen LogP contribution in [-0.4, -0.2) is 12.1 Å². The molecule has 12 heavy (non-hydrogen) atoms. The summed E-state index contributed by atoms with van der Waals surface area (Å²) in [4.78, 5) is 0. The third kappa shape index (κ3) is 1.87. The van der Waals surface area contributed by atoms with Crippen LogP contribution in [0.25, 0.3) is 0 Å². The normalized spacial score (nSPS) is 22.5. The van der Waals surface area contributed by atoms with Gasteiger partial charge in [0.15, 0.2) is 0 Å². The van der Waals surface area contributed by atoms with Crippen molar-refractivity contribution >= 4 is 0 Å². The molecular weight excluding hydrogens is 179 g/mol. The zero-order chi connectivity index (χ0) is 9.62. The van der Waals surface area contributed by atoms with E-state index in [4.69, 9.17) is 0 Å². The van der Waals surface area contributed by atoms with Crippen LogP contribution in [0.15, 0.2) is 0 Å². The summed E-state index contributed by atoms with van der Waals surface area (Å²) in [6.45, 7) is 2.38. The van der Waals surface area contributed by atoms with Crippen molar-refractivity contribution in [3.63, 3.8) is 0 Å². The molecule has 1 saturated carbocycles. The summed E-state index contributed by atoms with van der Waals surface area (Å²) in [6.07, 6.45) is -6.07. The minimum atomic E-state index is -4.51. The summed E-state index contributed by atoms with van der Waals surface area (Å²) < 4.78 is 60.5. The van der Waals surface area contributed by atoms with E-state index in [0.29, 0.717) is 0 Å². The third-order valence-corrected chi connectivity index (χ3v) is 2.05. The molecule has 0 heterocycles. The molecule has 71 valence electrons. The van der Waals surface area contributed by atoms with Crippen LogP contribution in [-0.2, 0) is 0 Å². The summed E-state index contributed by atoms with van der Waals surface area (Å²) in [6, 6.07) is 0. The minimum absolute atomic E-state index is 0.193. The second kappa shape index (κ2) is 2.33. The number of alkyl halides is 5. The highest BCUT2D eigenvalue weighted by Crippen LogP contribution is 2.62. The number of hydrogen-bond donors (Lipinski definition) is 0. The fourth-order valence-electron chi connectivity index (χ4n) is 1.21. The molecule has 5 heteroatoms. The topological polar surface area (TPSA) is 0 Å². The van der Waals surface area contributed by atoms with Crippen molar-refractivity contribution in [2.45, 2.75) is 31.4 Å². The van der Waals surface area contributed by atoms with Crippen LogP contribution in [0, 0.1) is 12.3 Å². The number of rotatable bonds is 2. The fourth-order valence-corrected chi connectivity index (χ4v) is 1.21. The van der Waals surface area contributed by atoms with Crippen molar-refractivity contribution < 1.29 is 22.0 Å². The summed E-state index contributed by atoms with van der Waals surface area (Å²) >= 11 is 0. The zero-order valence-electron chi connectivity index (χ0n) is 6.22. The highest BCUT2D eigenvalue weighted by Gasteiger charge is 2.65. The van der Waals surface area contributed by atoms with Crippen molar-refractivity contribution in [1.29, 1.82) is 0 Å². The van der Waals surface area contributed by atoms with Crippen LogP contribution >= 0.6 is 0 Å². The molecule has 1 aliphatic carbocycles. The fraction of sp³-hybridized carbons (Fsp3) is 0.857. The molecule has 0 spiro atoms. The Kier molecular flexibility index (Phi) is 1.89. The number of halogens is 5. The second-order valence-corrected chi connectivity index (χ2v) is 3.31. The predicted molar refractivity (Wildman–Crippen MR) is 32.6 cm³/mol. The van der Waals surface area contributed by atoms with Crippen LogP contribution in [0.5, 0.6) is 0 Å². The lowest BCUT2D eigenvalue weighted by molar-refractivity contribution is -0.202. The van der Waals surface area contributed by atoms with Crippen LogP contribution in [0.4, 0.5) is 22.0 Å². The number of hydrogen-bond acceptors (Lipinski definition) is 0. The lowest BCUT2D eigenvalue weighted by atomic mass is 9.98. The van der Waals surface area contributed by atoms with E-state index in [9.17, 15) is 22.0 Å². The molecule has 0 saturated heterocycles. The average Bonchev–Trinajstić information content (AvgIpc) is 2.39. The molecule has 1 aliphatic rings. The van der Waals surface area contributed by atoms with Crippen LogP contribution in [0.1, 0.15) is 19.3 Å². The maximum absolute atomic E-state index is 12.2. The molecule has 0 aliphatic heterocycles. The zero-order valence-corrected chi connectivity index (χ0v) is 6.22. The van der Waals surface area contributed by atoms with E-state index in [1.165, 1.54) is 0 Å². The van der Waals surface area contributed by atoms with Gasteiger partial charge in [-0.15, -0.1) is 0 Å². The highest BCUT2D eigenvalue weighted by molar-refractivity contribution is 5.02. The van der Waals surface area contributed by atoms with Gasteiger partial charge in [0.25, 0.3) is 0 Å². The van der Waals surface area contributed by atoms with Crippen molar-refractivity contribution in [3.8, 4) is 0 Å². The molecule has 1 fully saturated rings. The summed E-state index contributed by atoms with van der Waals surface area (Å²) in [7, 11) is 0. The largest absolute Gasteiger partial charge is 0.394 e. The van der Waals surface area contributed by atoms with Gasteiger partial charge in [0.1, 0.15) is 0 Å². The van der Waals surface area contributed by atoms with Gasteiger partial charge in [0.2, 0.25) is 5.92 Å². The first kappa shape index (κ1) is 9.74. The van der Waals surface area contributed by atoms with E-state index in [1.54, 1.807) is 0 Å². The molecular formula is C7H8F5. The van der Waals surface area contributed by atoms with E-state index in [0.717, 1.165) is 0 Å². The van der Waals surface area contributed by atoms with Crippen LogP contribution in [0.2, 0.25) is 0 Å². The summed E-state index contributed by atoms with van der Waals surface area (Å²) in [5.41, 5.74) is -2.14. The van der Waals surface area contributed by atoms with E-state index < -0.39 is 23.9 Å². The van der Waals surface area contributed by atoms with Gasteiger partial charge in [0, 0.05) is 13.3 Å². The van der Waals surface area contributed by atoms with Crippen molar-refractivity contribution in [3.05, 3.63) is 6.92 Å². The van der Waals surface area contributed by atoms with Gasteiger partial charge >= 0.3 is 6.18 Å². The molecule has 1 rings (SSSR count). The molecule has 0 atom stereocenters. The average molecular weight is 187 g/mol. The summed E-state index contributed by atoms with van der Waals surface area (Å²) in [5, 5.41) is 0. The highest BCUT2D eigenvalue weighted by atomic mass is 19.4. The Morgan fingerprint density at radius 1 is 1.08 bits per heavy atom. The maximum Gasteiger partial charge on any atom is 0.394 e. The van der Waals surface area contributed by atoms with Crippen molar-refractivity contribution in [2.24, 2.45) is 5.41 Å². The molecule has 0 amide bonds. The van der Waals surface area contributed by atoms with Gasteiger partial charge < -0.3 is 0 Å². The quantitative estimate of drug-likeness (QED) is 0.582. The smallest absolute Gasteiger partial charge is 0.207 e. The Morgan fingerprint density at radius 3 is 1.58 bits per heavy atom. The SMILES string of the molecule is [CH2]C(F)(F)CC1(C(F)(F)F)CC1. The Morgan fingerprint density at radius 2 is 1.50 bits per heavy atom. The molecule has 0 nitrogen and oxygen atoms in total. The molecule has 0 unspecified atom stereocenters. The lowest BCUT2D eigenvalue weighted by Crippen LogP contribution is -2.30. The Balaban J connectivity index is 2.63. The standard InChI is InChI=1S/C7H8F5/c1-5(8,9)4-6(2-3-6)7(10,11)12/h1-4H2. The first-order valence-corrected chi connectivity index (χ1v) is 3.46. The Hall–Kier alpha value is -0.350. The van der Waals surface area contributed by atoms with Gasteiger partial charge in [-0.05, 0) is 12.8 Å². The van der Waals surface area contributed by atoms with Crippen LogP contribution < -0.4 is 0 Å². The summed E-state index contributed by atoms with van der Waals surface area (Å²) in [5.74, 6) is -3.47. The minimum Gasteiger partial charge on any atom is -0.207 e. The first-order chi connectivity index (χ1) is 5.16. The van der Waals surface area contributed by atoms with Gasteiger partial charge in [-0.25, -0.2) is 8.78 Å². The molecule has 0 N–H and O–H groups in total. The van der Waals surface area contributed by atoms with E-state index in [1.807, 2.05) is 0 Å². The van der Waals surface area contributed by atoms with E-state index in [2.05, 4.69) is 6.92 Å². The van der Waals surface area contributed by atoms with Gasteiger partial charge in [-0.2, -0.15) is 13.2 Å². The van der Waals surface area contributed by atoms with Crippen molar-refractivity contribution in [1.82, 2.24) is 0 Å². The Bertz CT molecular complexity index is 171. The molecule has 0 aromatic heterocycles.